The molecule has 4 atom stereocenters. The molecule has 284 valence electrons. The minimum absolute atomic E-state index is 0.0870. The quantitative estimate of drug-likeness (QED) is 0.134. The lowest BCUT2D eigenvalue weighted by molar-refractivity contribution is -0.136. The van der Waals surface area contributed by atoms with Crippen LogP contribution in [0.25, 0.3) is 22.3 Å². The van der Waals surface area contributed by atoms with Crippen LogP contribution in [0.15, 0.2) is 79.0 Å². The minimum atomic E-state index is -0.682. The van der Waals surface area contributed by atoms with Crippen molar-refractivity contribution in [1.29, 1.82) is 0 Å². The summed E-state index contributed by atoms with van der Waals surface area (Å²) in [5, 5.41) is 2.70. The maximum atomic E-state index is 14.0. The van der Waals surface area contributed by atoms with Gasteiger partial charge in [0.15, 0.2) is 0 Å². The number of carbonyl (C=O) groups is 3. The summed E-state index contributed by atoms with van der Waals surface area (Å²) < 4.78 is 4.75. The zero-order chi connectivity index (χ0) is 38.6. The van der Waals surface area contributed by atoms with E-state index in [0.717, 1.165) is 82.9 Å². The Labute approximate surface area is 322 Å². The first-order valence-electron chi connectivity index (χ1n) is 19.3. The van der Waals surface area contributed by atoms with Crippen molar-refractivity contribution in [1.82, 2.24) is 35.1 Å². The lowest BCUT2D eigenvalue weighted by Crippen LogP contribution is -2.51. The van der Waals surface area contributed by atoms with Gasteiger partial charge in [-0.15, -0.1) is 0 Å². The van der Waals surface area contributed by atoms with Gasteiger partial charge >= 0.3 is 6.09 Å². The number of likely N-dealkylation sites (tertiary alicyclic amines) is 2. The predicted molar refractivity (Wildman–Crippen MR) is 212 cm³/mol. The van der Waals surface area contributed by atoms with Crippen LogP contribution >= 0.6 is 0 Å². The van der Waals surface area contributed by atoms with Crippen LogP contribution in [0.2, 0.25) is 0 Å². The number of nitrogens with zero attached hydrogens (tertiary/aromatic N) is 4. The molecule has 0 bridgehead atoms. The first-order valence-corrected chi connectivity index (χ1v) is 19.3. The number of hydrogen-bond acceptors (Lipinski definition) is 6. The standard InChI is InChI=1S/C44H49N7O4/c1-27(2)38(32-11-7-6-8-12-32)42(52)50-23-10-14-37(50)41-46-33-22-19-30(25-34(33)47-41)16-15-29-17-20-31(21-18-29)35-26-45-40(48-35)36-13-9-24-51(36)43(53)39(28(3)4)49-44(54)55-5/h6-8,11-12,17-22,25-28,36-39H,9-10,13-14,23-24H2,1-5H3,(H,45,48)(H,46,47)(H,49,54)/t36-,37-,38+,39+/m0/s1. The minimum Gasteiger partial charge on any atom is -0.453 e. The number of carbonyl (C=O) groups excluding carboxylic acids is 3. The lowest BCUT2D eigenvalue weighted by atomic mass is 9.87. The number of aromatic amines is 2. The molecule has 0 radical (unpaired) electrons. The van der Waals surface area contributed by atoms with Crippen LogP contribution < -0.4 is 5.32 Å². The maximum absolute atomic E-state index is 14.0. The summed E-state index contributed by atoms with van der Waals surface area (Å²) in [5.41, 5.74) is 6.36. The van der Waals surface area contributed by atoms with Gasteiger partial charge in [0.25, 0.3) is 0 Å². The average molecular weight is 740 g/mol. The summed E-state index contributed by atoms with van der Waals surface area (Å²) in [6.45, 7) is 9.36. The molecule has 4 heterocycles. The Morgan fingerprint density at radius 3 is 2.13 bits per heavy atom. The highest BCUT2D eigenvalue weighted by atomic mass is 16.5. The van der Waals surface area contributed by atoms with Gasteiger partial charge in [-0.1, -0.05) is 82.0 Å². The fourth-order valence-corrected chi connectivity index (χ4v) is 7.95. The molecular formula is C44H49N7O4. The van der Waals surface area contributed by atoms with Crippen LogP contribution in [0.1, 0.15) is 99.7 Å². The first-order chi connectivity index (χ1) is 26.6. The molecule has 0 saturated carbocycles. The van der Waals surface area contributed by atoms with E-state index in [0.29, 0.717) is 6.54 Å². The second-order valence-electron chi connectivity index (χ2n) is 15.2. The van der Waals surface area contributed by atoms with Crippen molar-refractivity contribution < 1.29 is 19.1 Å². The molecule has 11 heteroatoms. The molecule has 55 heavy (non-hydrogen) atoms. The number of ether oxygens (including phenoxy) is 1. The highest BCUT2D eigenvalue weighted by molar-refractivity contribution is 5.87. The number of methoxy groups -OCH3 is 1. The molecule has 2 aromatic heterocycles. The number of fused-ring (bicyclic) bond motifs is 1. The summed E-state index contributed by atoms with van der Waals surface area (Å²) >= 11 is 0. The molecule has 0 spiro atoms. The van der Waals surface area contributed by atoms with Crippen molar-refractivity contribution in [2.24, 2.45) is 11.8 Å². The third-order valence-corrected chi connectivity index (χ3v) is 10.8. The fraction of sp³-hybridized carbons (Fsp3) is 0.386. The van der Waals surface area contributed by atoms with Crippen LogP contribution in [0, 0.1) is 23.7 Å². The van der Waals surface area contributed by atoms with Crippen molar-refractivity contribution in [2.75, 3.05) is 20.2 Å². The summed E-state index contributed by atoms with van der Waals surface area (Å²) in [4.78, 5) is 59.8. The van der Waals surface area contributed by atoms with Crippen molar-refractivity contribution in [3.63, 3.8) is 0 Å². The molecule has 7 rings (SSSR count). The number of imidazole rings is 2. The molecular weight excluding hydrogens is 691 g/mol. The number of aromatic nitrogens is 4. The molecule has 11 nitrogen and oxygen atoms in total. The van der Waals surface area contributed by atoms with E-state index in [9.17, 15) is 14.4 Å². The van der Waals surface area contributed by atoms with E-state index in [1.54, 1.807) is 6.20 Å². The Hall–Kier alpha value is -5.89. The number of benzene rings is 3. The van der Waals surface area contributed by atoms with E-state index >= 15 is 0 Å². The van der Waals surface area contributed by atoms with Gasteiger partial charge in [-0.3, -0.25) is 9.59 Å². The number of nitrogens with one attached hydrogen (secondary N) is 3. The van der Waals surface area contributed by atoms with E-state index in [1.807, 2.05) is 84.3 Å². The molecule has 2 aliphatic heterocycles. The maximum Gasteiger partial charge on any atom is 0.407 e. The fourth-order valence-electron chi connectivity index (χ4n) is 7.95. The monoisotopic (exact) mass is 739 g/mol. The molecule has 3 N–H and O–H groups in total. The predicted octanol–water partition coefficient (Wildman–Crippen LogP) is 7.50. The molecule has 2 saturated heterocycles. The van der Waals surface area contributed by atoms with Crippen molar-refractivity contribution in [2.45, 2.75) is 77.4 Å². The number of hydrogen-bond donors (Lipinski definition) is 3. The van der Waals surface area contributed by atoms with E-state index in [-0.39, 0.29) is 41.7 Å². The Morgan fingerprint density at radius 1 is 0.800 bits per heavy atom. The Morgan fingerprint density at radius 2 is 1.45 bits per heavy atom. The lowest BCUT2D eigenvalue weighted by Gasteiger charge is -2.30. The largest absolute Gasteiger partial charge is 0.453 e. The summed E-state index contributed by atoms with van der Waals surface area (Å²) in [7, 11) is 1.29. The first kappa shape index (κ1) is 37.4. The third-order valence-electron chi connectivity index (χ3n) is 10.8. The number of rotatable bonds is 9. The van der Waals surface area contributed by atoms with E-state index in [2.05, 4.69) is 58.1 Å². The van der Waals surface area contributed by atoms with Crippen molar-refractivity contribution >= 4 is 28.9 Å². The molecule has 2 aliphatic rings. The molecule has 3 aromatic carbocycles. The average Bonchev–Trinajstić information content (AvgIpc) is 4.02. The van der Waals surface area contributed by atoms with E-state index < -0.39 is 12.1 Å². The van der Waals surface area contributed by atoms with Crippen LogP contribution in [-0.4, -0.2) is 73.9 Å². The molecule has 0 aliphatic carbocycles. The zero-order valence-electron chi connectivity index (χ0n) is 32.1. The SMILES string of the molecule is COC(=O)N[C@@H](C(=O)N1CCC[C@H]1c1ncc(-c2ccc(C#Cc3ccc4nc([C@@H]5CCCN5C(=O)[C@@H](c5ccccc5)C(C)C)[nH]c4c3)cc2)[nH]1)C(C)C. The topological polar surface area (TPSA) is 136 Å². The zero-order valence-corrected chi connectivity index (χ0v) is 32.1. The highest BCUT2D eigenvalue weighted by Gasteiger charge is 2.39. The number of alkyl carbamates (subject to hydrolysis) is 1. The number of H-pyrrole nitrogens is 2. The normalized spacial score (nSPS) is 18.0. The Balaban J connectivity index is 1.02. The van der Waals surface area contributed by atoms with Crippen LogP contribution in [0.5, 0.6) is 0 Å². The molecule has 5 aromatic rings. The Bertz CT molecular complexity index is 2210. The molecule has 3 amide bonds. The van der Waals surface area contributed by atoms with Gasteiger partial charge in [0, 0.05) is 24.2 Å². The van der Waals surface area contributed by atoms with Gasteiger partial charge in [-0.05, 0) is 79.0 Å². The van der Waals surface area contributed by atoms with Gasteiger partial charge < -0.3 is 29.8 Å². The summed E-state index contributed by atoms with van der Waals surface area (Å²) in [6.07, 6.45) is 4.64. The van der Waals surface area contributed by atoms with Crippen LogP contribution in [-0.2, 0) is 14.3 Å². The summed E-state index contributed by atoms with van der Waals surface area (Å²) in [6, 6.07) is 23.1. The van der Waals surface area contributed by atoms with Gasteiger partial charge in [-0.25, -0.2) is 14.8 Å². The summed E-state index contributed by atoms with van der Waals surface area (Å²) in [5.74, 6) is 8.04. The second kappa shape index (κ2) is 16.2. The van der Waals surface area contributed by atoms with E-state index in [4.69, 9.17) is 9.72 Å². The van der Waals surface area contributed by atoms with Crippen molar-refractivity contribution in [3.8, 4) is 23.1 Å². The van der Waals surface area contributed by atoms with Crippen LogP contribution in [0.4, 0.5) is 4.79 Å². The molecule has 0 unspecified atom stereocenters. The van der Waals surface area contributed by atoms with Gasteiger partial charge in [0.1, 0.15) is 17.7 Å². The van der Waals surface area contributed by atoms with E-state index in [1.165, 1.54) is 7.11 Å². The molecule has 2 fully saturated rings. The van der Waals surface area contributed by atoms with Gasteiger partial charge in [-0.2, -0.15) is 0 Å². The number of amides is 3. The Kier molecular flexibility index (Phi) is 11.0. The third kappa shape index (κ3) is 8.00. The second-order valence-corrected chi connectivity index (χ2v) is 15.2. The van der Waals surface area contributed by atoms with Gasteiger partial charge in [0.05, 0.1) is 48.0 Å². The van der Waals surface area contributed by atoms with Gasteiger partial charge in [0.2, 0.25) is 11.8 Å². The van der Waals surface area contributed by atoms with Crippen molar-refractivity contribution in [3.05, 3.63) is 107 Å². The van der Waals surface area contributed by atoms with Crippen LogP contribution in [0.3, 0.4) is 0 Å². The smallest absolute Gasteiger partial charge is 0.407 e. The highest BCUT2D eigenvalue weighted by Crippen LogP contribution is 2.37.